The Bertz CT molecular complexity index is 575. The number of sulfone groups is 1. The van der Waals surface area contributed by atoms with Gasteiger partial charge in [0, 0.05) is 6.04 Å². The maximum Gasteiger partial charge on any atom is 0.150 e. The van der Waals surface area contributed by atoms with Crippen molar-refractivity contribution in [1.82, 2.24) is 5.32 Å². The van der Waals surface area contributed by atoms with Crippen LogP contribution in [0.2, 0.25) is 0 Å². The summed E-state index contributed by atoms with van der Waals surface area (Å²) in [6.45, 7) is 0. The summed E-state index contributed by atoms with van der Waals surface area (Å²) in [5.41, 5.74) is 1.51. The second-order valence-electron chi connectivity index (χ2n) is 4.63. The molecule has 1 N–H and O–H groups in total. The van der Waals surface area contributed by atoms with Crippen molar-refractivity contribution in [3.63, 3.8) is 0 Å². The third-order valence-electron chi connectivity index (χ3n) is 3.47. The lowest BCUT2D eigenvalue weighted by Gasteiger charge is -2.23. The number of hydrogen-bond acceptors (Lipinski definition) is 4. The van der Waals surface area contributed by atoms with Crippen molar-refractivity contribution in [3.05, 3.63) is 35.4 Å². The quantitative estimate of drug-likeness (QED) is 0.892. The van der Waals surface area contributed by atoms with Gasteiger partial charge < -0.3 is 5.32 Å². The Balaban J connectivity index is 2.32. The van der Waals surface area contributed by atoms with Crippen molar-refractivity contribution in [2.45, 2.75) is 12.5 Å². The topological polar surface area (TPSA) is 70.0 Å². The van der Waals surface area contributed by atoms with Crippen LogP contribution in [0.25, 0.3) is 0 Å². The third kappa shape index (κ3) is 2.55. The fourth-order valence-electron chi connectivity index (χ4n) is 2.60. The van der Waals surface area contributed by atoms with Crippen LogP contribution >= 0.6 is 0 Å². The molecule has 2 rings (SSSR count). The lowest BCUT2D eigenvalue weighted by atomic mass is 9.90. The summed E-state index contributed by atoms with van der Waals surface area (Å²) in [5, 5.41) is 12.3. The molecule has 1 aliphatic heterocycles. The monoisotopic (exact) mass is 264 g/mol. The lowest BCUT2D eigenvalue weighted by molar-refractivity contribution is 0.418. The average molecular weight is 264 g/mol. The van der Waals surface area contributed by atoms with Gasteiger partial charge in [0.1, 0.15) is 0 Å². The first kappa shape index (κ1) is 13.1. The highest BCUT2D eigenvalue weighted by atomic mass is 32.2. The second kappa shape index (κ2) is 5.09. The predicted octanol–water partition coefficient (Wildman–Crippen LogP) is 1.25. The van der Waals surface area contributed by atoms with E-state index in [1.54, 1.807) is 6.07 Å². The molecule has 1 aliphatic rings. The molecule has 1 heterocycles. The number of nitrogens with zero attached hydrogens (tertiary/aromatic N) is 1. The predicted molar refractivity (Wildman–Crippen MR) is 69.7 cm³/mol. The molecule has 1 aromatic carbocycles. The van der Waals surface area contributed by atoms with Gasteiger partial charge in [0.2, 0.25) is 0 Å². The molecule has 2 unspecified atom stereocenters. The minimum atomic E-state index is -2.90. The number of nitriles is 1. The van der Waals surface area contributed by atoms with E-state index < -0.39 is 9.84 Å². The van der Waals surface area contributed by atoms with E-state index >= 15 is 0 Å². The van der Waals surface area contributed by atoms with Gasteiger partial charge in [-0.1, -0.05) is 18.2 Å². The molecule has 0 radical (unpaired) electrons. The zero-order valence-electron chi connectivity index (χ0n) is 10.3. The van der Waals surface area contributed by atoms with E-state index in [9.17, 15) is 8.42 Å². The molecule has 0 bridgehead atoms. The molecule has 2 atom stereocenters. The van der Waals surface area contributed by atoms with Crippen molar-refractivity contribution in [2.75, 3.05) is 18.6 Å². The van der Waals surface area contributed by atoms with E-state index in [4.69, 9.17) is 5.26 Å². The Morgan fingerprint density at radius 3 is 2.72 bits per heavy atom. The van der Waals surface area contributed by atoms with Crippen LogP contribution in [0.1, 0.15) is 23.6 Å². The maximum absolute atomic E-state index is 11.6. The Labute approximate surface area is 108 Å². The van der Waals surface area contributed by atoms with Gasteiger partial charge in [0.05, 0.1) is 23.1 Å². The minimum absolute atomic E-state index is 0.0505. The van der Waals surface area contributed by atoms with E-state index in [0.717, 1.165) is 5.56 Å². The Morgan fingerprint density at radius 1 is 1.44 bits per heavy atom. The molecule has 0 saturated carbocycles. The third-order valence-corrected chi connectivity index (χ3v) is 5.26. The summed E-state index contributed by atoms with van der Waals surface area (Å²) >= 11 is 0. The van der Waals surface area contributed by atoms with Crippen LogP contribution in [0, 0.1) is 17.2 Å². The SMILES string of the molecule is CNC(c1ccccc1C#N)C1CCS(=O)(=O)C1. The second-order valence-corrected chi connectivity index (χ2v) is 6.86. The Hall–Kier alpha value is -1.38. The van der Waals surface area contributed by atoms with Gasteiger partial charge in [-0.15, -0.1) is 0 Å². The standard InChI is InChI=1S/C13H16N2O2S/c1-15-13(11-6-7-18(16,17)9-11)12-5-3-2-4-10(12)8-14/h2-5,11,13,15H,6-7,9H2,1H3. The molecule has 96 valence electrons. The van der Waals surface area contributed by atoms with Crippen LogP contribution in [-0.2, 0) is 9.84 Å². The summed E-state index contributed by atoms with van der Waals surface area (Å²) < 4.78 is 23.1. The molecular formula is C13H16N2O2S. The summed E-state index contributed by atoms with van der Waals surface area (Å²) in [5.74, 6) is 0.512. The van der Waals surface area contributed by atoms with Crippen LogP contribution in [0.15, 0.2) is 24.3 Å². The molecule has 0 aromatic heterocycles. The molecule has 1 aromatic rings. The molecule has 0 aliphatic carbocycles. The van der Waals surface area contributed by atoms with E-state index in [2.05, 4.69) is 11.4 Å². The maximum atomic E-state index is 11.6. The van der Waals surface area contributed by atoms with E-state index in [1.165, 1.54) is 0 Å². The summed E-state index contributed by atoms with van der Waals surface area (Å²) in [4.78, 5) is 0. The summed E-state index contributed by atoms with van der Waals surface area (Å²) in [6, 6.07) is 9.45. The van der Waals surface area contributed by atoms with Crippen LogP contribution in [0.5, 0.6) is 0 Å². The van der Waals surface area contributed by atoms with Crippen LogP contribution in [0.4, 0.5) is 0 Å². The van der Waals surface area contributed by atoms with Crippen molar-refractivity contribution in [3.8, 4) is 6.07 Å². The molecule has 0 amide bonds. The molecule has 1 saturated heterocycles. The van der Waals surface area contributed by atoms with E-state index in [-0.39, 0.29) is 23.5 Å². The van der Waals surface area contributed by atoms with Crippen LogP contribution < -0.4 is 5.32 Å². The van der Waals surface area contributed by atoms with Gasteiger partial charge >= 0.3 is 0 Å². The molecule has 4 nitrogen and oxygen atoms in total. The highest BCUT2D eigenvalue weighted by Crippen LogP contribution is 2.32. The minimum Gasteiger partial charge on any atom is -0.313 e. The number of rotatable bonds is 3. The largest absolute Gasteiger partial charge is 0.313 e. The first-order valence-electron chi connectivity index (χ1n) is 5.94. The zero-order valence-corrected chi connectivity index (χ0v) is 11.1. The van der Waals surface area contributed by atoms with Crippen molar-refractivity contribution in [1.29, 1.82) is 5.26 Å². The van der Waals surface area contributed by atoms with Crippen LogP contribution in [0.3, 0.4) is 0 Å². The van der Waals surface area contributed by atoms with Crippen LogP contribution in [-0.4, -0.2) is 27.0 Å². The number of nitrogens with one attached hydrogen (secondary N) is 1. The van der Waals surface area contributed by atoms with Crippen molar-refractivity contribution in [2.24, 2.45) is 5.92 Å². The number of hydrogen-bond donors (Lipinski definition) is 1. The molecule has 5 heteroatoms. The van der Waals surface area contributed by atoms with E-state index in [1.807, 2.05) is 25.2 Å². The highest BCUT2D eigenvalue weighted by Gasteiger charge is 2.34. The number of benzene rings is 1. The molecule has 0 spiro atoms. The summed E-state index contributed by atoms with van der Waals surface area (Å²) in [7, 11) is -1.09. The summed E-state index contributed by atoms with van der Waals surface area (Å²) in [6.07, 6.45) is 0.660. The van der Waals surface area contributed by atoms with Gasteiger partial charge in [-0.2, -0.15) is 5.26 Å². The van der Waals surface area contributed by atoms with Gasteiger partial charge in [0.15, 0.2) is 9.84 Å². The Kier molecular flexibility index (Phi) is 3.69. The first-order valence-corrected chi connectivity index (χ1v) is 7.76. The average Bonchev–Trinajstić information content (AvgIpc) is 2.71. The smallest absolute Gasteiger partial charge is 0.150 e. The lowest BCUT2D eigenvalue weighted by Crippen LogP contribution is -2.26. The van der Waals surface area contributed by atoms with Gasteiger partial charge in [0.25, 0.3) is 0 Å². The fourth-order valence-corrected chi connectivity index (χ4v) is 4.44. The molecule has 18 heavy (non-hydrogen) atoms. The Morgan fingerprint density at radius 2 is 2.17 bits per heavy atom. The molecule has 1 fully saturated rings. The van der Waals surface area contributed by atoms with E-state index in [0.29, 0.717) is 12.0 Å². The molecular weight excluding hydrogens is 248 g/mol. The zero-order chi connectivity index (χ0) is 13.2. The normalized spacial score (nSPS) is 23.4. The van der Waals surface area contributed by atoms with Crippen molar-refractivity contribution < 1.29 is 8.42 Å². The van der Waals surface area contributed by atoms with Gasteiger partial charge in [-0.25, -0.2) is 8.42 Å². The fraction of sp³-hybridized carbons (Fsp3) is 0.462. The van der Waals surface area contributed by atoms with Gasteiger partial charge in [-0.3, -0.25) is 0 Å². The van der Waals surface area contributed by atoms with Crippen molar-refractivity contribution >= 4 is 9.84 Å². The first-order chi connectivity index (χ1) is 8.57. The highest BCUT2D eigenvalue weighted by molar-refractivity contribution is 7.91. The van der Waals surface area contributed by atoms with Gasteiger partial charge in [-0.05, 0) is 31.0 Å².